The fourth-order valence-electron chi connectivity index (χ4n) is 2.19. The van der Waals surface area contributed by atoms with E-state index in [-0.39, 0.29) is 10.4 Å². The predicted molar refractivity (Wildman–Crippen MR) is 78.9 cm³/mol. The first-order chi connectivity index (χ1) is 8.15. The first-order valence-corrected chi connectivity index (χ1v) is 7.34. The molecule has 0 bridgehead atoms. The van der Waals surface area contributed by atoms with Crippen molar-refractivity contribution in [2.45, 2.75) is 17.3 Å². The minimum atomic E-state index is -0.00985. The maximum absolute atomic E-state index is 6.49. The van der Waals surface area contributed by atoms with Gasteiger partial charge in [-0.15, -0.1) is 11.6 Å². The molecule has 0 saturated carbocycles. The third-order valence-corrected chi connectivity index (χ3v) is 6.37. The Balaban J connectivity index is 2.55. The molecule has 88 valence electrons. The molecule has 2 heteroatoms. The minimum absolute atomic E-state index is 0.00985. The Morgan fingerprint density at radius 2 is 1.24 bits per heavy atom. The van der Waals surface area contributed by atoms with Crippen molar-refractivity contribution in [3.8, 4) is 0 Å². The van der Waals surface area contributed by atoms with Crippen molar-refractivity contribution in [2.75, 3.05) is 0 Å². The lowest BCUT2D eigenvalue weighted by Gasteiger charge is -2.33. The molecule has 2 aromatic carbocycles. The van der Waals surface area contributed by atoms with Gasteiger partial charge < -0.3 is 0 Å². The first-order valence-electron chi connectivity index (χ1n) is 5.91. The van der Waals surface area contributed by atoms with Gasteiger partial charge in [-0.05, 0) is 18.1 Å². The van der Waals surface area contributed by atoms with Crippen molar-refractivity contribution >= 4 is 21.8 Å². The normalized spacial score (nSPS) is 13.5. The number of benzene rings is 2. The van der Waals surface area contributed by atoms with Crippen LogP contribution in [0.1, 0.15) is 18.1 Å². The Morgan fingerprint density at radius 3 is 1.53 bits per heavy atom. The summed E-state index contributed by atoms with van der Waals surface area (Å²) in [5, 5.41) is 0.0864. The third kappa shape index (κ3) is 2.31. The van der Waals surface area contributed by atoms with Crippen molar-refractivity contribution in [3.63, 3.8) is 0 Å². The number of halogens is 1. The van der Waals surface area contributed by atoms with E-state index in [0.29, 0.717) is 0 Å². The molecule has 0 nitrogen and oxygen atoms in total. The molecule has 0 fully saturated rings. The van der Waals surface area contributed by atoms with Gasteiger partial charge in [0.2, 0.25) is 0 Å². The fraction of sp³-hybridized carbons (Fsp3) is 0.200. The summed E-state index contributed by atoms with van der Waals surface area (Å²) in [6, 6.07) is 21.2. The maximum Gasteiger partial charge on any atom is 0.0410 e. The summed E-state index contributed by atoms with van der Waals surface area (Å²) in [5.41, 5.74) is 2.64. The lowest BCUT2D eigenvalue weighted by atomic mass is 9.87. The lowest BCUT2D eigenvalue weighted by molar-refractivity contribution is 0.703. The van der Waals surface area contributed by atoms with Crippen LogP contribution >= 0.6 is 11.6 Å². The van der Waals surface area contributed by atoms with Crippen molar-refractivity contribution in [3.05, 3.63) is 71.8 Å². The first kappa shape index (κ1) is 12.4. The average Bonchev–Trinajstić information content (AvgIpc) is 2.39. The Bertz CT molecular complexity index is 425. The molecular weight excluding hydrogens is 244 g/mol. The van der Waals surface area contributed by atoms with Crippen LogP contribution in [0.3, 0.4) is 0 Å². The summed E-state index contributed by atoms with van der Waals surface area (Å²) < 4.78 is 0. The topological polar surface area (TPSA) is 0 Å². The molecule has 0 radical (unpaired) electrons. The Kier molecular flexibility index (Phi) is 3.70. The zero-order chi connectivity index (χ0) is 12.3. The molecule has 0 aliphatic rings. The lowest BCUT2D eigenvalue weighted by Crippen LogP contribution is -2.36. The Hall–Kier alpha value is -1.05. The molecule has 2 aromatic rings. The van der Waals surface area contributed by atoms with E-state index < -0.39 is 0 Å². The molecule has 1 unspecified atom stereocenters. The summed E-state index contributed by atoms with van der Waals surface area (Å²) in [6.07, 6.45) is 0. The highest BCUT2D eigenvalue weighted by atomic mass is 35.5. The number of rotatable bonds is 3. The number of alkyl halides is 1. The molecule has 0 saturated heterocycles. The van der Waals surface area contributed by atoms with E-state index in [9.17, 15) is 0 Å². The summed E-state index contributed by atoms with van der Waals surface area (Å²) in [7, 11) is 0.996. The van der Waals surface area contributed by atoms with Crippen LogP contribution in [0.4, 0.5) is 0 Å². The van der Waals surface area contributed by atoms with Gasteiger partial charge in [0.15, 0.2) is 0 Å². The van der Waals surface area contributed by atoms with E-state index in [0.717, 1.165) is 10.2 Å². The standard InChI is InChI=1S/C15H17ClSi/c1-12(16)15(17,13-8-4-2-5-9-13)14-10-6-3-7-11-14/h2-12H,1,17H3. The molecule has 0 heterocycles. The van der Waals surface area contributed by atoms with Crippen molar-refractivity contribution in [2.24, 2.45) is 0 Å². The van der Waals surface area contributed by atoms with Gasteiger partial charge in [-0.25, -0.2) is 0 Å². The molecule has 1 atom stereocenters. The second kappa shape index (κ2) is 5.07. The van der Waals surface area contributed by atoms with E-state index in [4.69, 9.17) is 11.6 Å². The van der Waals surface area contributed by atoms with Crippen molar-refractivity contribution in [1.82, 2.24) is 0 Å². The minimum Gasteiger partial charge on any atom is -0.122 e. The summed E-state index contributed by atoms with van der Waals surface area (Å²) in [4.78, 5) is 0. The van der Waals surface area contributed by atoms with Gasteiger partial charge in [0.05, 0.1) is 0 Å². The molecule has 0 spiro atoms. The number of hydrogen-bond acceptors (Lipinski definition) is 0. The predicted octanol–water partition coefficient (Wildman–Crippen LogP) is 2.92. The maximum atomic E-state index is 6.49. The largest absolute Gasteiger partial charge is 0.122 e. The van der Waals surface area contributed by atoms with Gasteiger partial charge in [0.1, 0.15) is 0 Å². The SMILES string of the molecule is CC(Cl)C([SiH3])(c1ccccc1)c1ccccc1. The zero-order valence-corrected chi connectivity index (χ0v) is 13.0. The van der Waals surface area contributed by atoms with Gasteiger partial charge in [-0.3, -0.25) is 0 Å². The van der Waals surface area contributed by atoms with Crippen LogP contribution in [0.2, 0.25) is 0 Å². The number of hydrogen-bond donors (Lipinski definition) is 0. The van der Waals surface area contributed by atoms with Crippen molar-refractivity contribution < 1.29 is 0 Å². The van der Waals surface area contributed by atoms with E-state index in [1.54, 1.807) is 0 Å². The molecule has 0 N–H and O–H groups in total. The molecule has 17 heavy (non-hydrogen) atoms. The summed E-state index contributed by atoms with van der Waals surface area (Å²) in [6.45, 7) is 2.09. The van der Waals surface area contributed by atoms with Crippen LogP contribution in [-0.2, 0) is 5.04 Å². The second-order valence-corrected chi connectivity index (χ2v) is 6.78. The summed E-state index contributed by atoms with van der Waals surface area (Å²) in [5.74, 6) is 0. The molecule has 0 aliphatic heterocycles. The van der Waals surface area contributed by atoms with Gasteiger partial charge in [-0.2, -0.15) is 0 Å². The quantitative estimate of drug-likeness (QED) is 0.588. The molecule has 0 aliphatic carbocycles. The van der Waals surface area contributed by atoms with Crippen LogP contribution in [0, 0.1) is 0 Å². The van der Waals surface area contributed by atoms with E-state index in [2.05, 4.69) is 67.6 Å². The zero-order valence-electron chi connectivity index (χ0n) is 10.2. The van der Waals surface area contributed by atoms with Gasteiger partial charge >= 0.3 is 0 Å². The van der Waals surface area contributed by atoms with Crippen molar-refractivity contribution in [1.29, 1.82) is 0 Å². The van der Waals surface area contributed by atoms with E-state index in [1.807, 2.05) is 0 Å². The molecule has 0 aromatic heterocycles. The Morgan fingerprint density at radius 1 is 0.882 bits per heavy atom. The monoisotopic (exact) mass is 260 g/mol. The highest BCUT2D eigenvalue weighted by molar-refractivity contribution is 6.30. The van der Waals surface area contributed by atoms with Crippen LogP contribution < -0.4 is 0 Å². The molecular formula is C15H17ClSi. The highest BCUT2D eigenvalue weighted by Gasteiger charge is 2.33. The van der Waals surface area contributed by atoms with Gasteiger partial charge in [-0.1, -0.05) is 60.7 Å². The van der Waals surface area contributed by atoms with Crippen LogP contribution in [0.25, 0.3) is 0 Å². The third-order valence-electron chi connectivity index (χ3n) is 3.54. The highest BCUT2D eigenvalue weighted by Crippen LogP contribution is 2.35. The second-order valence-electron chi connectivity index (χ2n) is 4.55. The molecule has 0 amide bonds. The van der Waals surface area contributed by atoms with Crippen LogP contribution in [0.15, 0.2) is 60.7 Å². The fourth-order valence-corrected chi connectivity index (χ4v) is 3.11. The Labute approximate surface area is 111 Å². The van der Waals surface area contributed by atoms with Gasteiger partial charge in [0, 0.05) is 20.7 Å². The smallest absolute Gasteiger partial charge is 0.0410 e. The van der Waals surface area contributed by atoms with Gasteiger partial charge in [0.25, 0.3) is 0 Å². The van der Waals surface area contributed by atoms with Crippen LogP contribution in [-0.4, -0.2) is 15.6 Å². The van der Waals surface area contributed by atoms with Crippen LogP contribution in [0.5, 0.6) is 0 Å². The molecule has 2 rings (SSSR count). The van der Waals surface area contributed by atoms with E-state index in [1.165, 1.54) is 11.1 Å². The van der Waals surface area contributed by atoms with E-state index >= 15 is 0 Å². The summed E-state index contributed by atoms with van der Waals surface area (Å²) >= 11 is 6.49. The average molecular weight is 261 g/mol.